The minimum atomic E-state index is 0.289. The molecule has 0 amide bonds. The number of hydrogen-bond donors (Lipinski definition) is 0. The number of rotatable bonds is 0. The Morgan fingerprint density at radius 2 is 1.62 bits per heavy atom. The Morgan fingerprint density at radius 3 is 2.15 bits per heavy atom. The molecule has 0 aliphatic heterocycles. The Hall–Kier alpha value is -0.590. The van der Waals surface area contributed by atoms with Crippen molar-refractivity contribution >= 4 is 5.78 Å². The fraction of sp³-hybridized carbons (Fsp3) is 0.750. The molecule has 2 aliphatic rings. The van der Waals surface area contributed by atoms with Crippen LogP contribution in [0.1, 0.15) is 51.4 Å². The van der Waals surface area contributed by atoms with E-state index in [1.54, 1.807) is 0 Å². The van der Waals surface area contributed by atoms with Crippen molar-refractivity contribution < 1.29 is 4.79 Å². The Kier molecular flexibility index (Phi) is 2.52. The SMILES string of the molecule is O=C1C=CC2(CCCCCCC2)C1. The molecule has 72 valence electrons. The van der Waals surface area contributed by atoms with Crippen molar-refractivity contribution in [2.45, 2.75) is 51.4 Å². The summed E-state index contributed by atoms with van der Waals surface area (Å²) in [7, 11) is 0. The molecule has 2 rings (SSSR count). The van der Waals surface area contributed by atoms with Crippen LogP contribution in [0.3, 0.4) is 0 Å². The van der Waals surface area contributed by atoms with E-state index in [1.165, 1.54) is 44.9 Å². The van der Waals surface area contributed by atoms with Crippen LogP contribution in [0.4, 0.5) is 0 Å². The third-order valence-corrected chi connectivity index (χ3v) is 3.50. The van der Waals surface area contributed by atoms with Crippen molar-refractivity contribution in [1.29, 1.82) is 0 Å². The smallest absolute Gasteiger partial charge is 0.156 e. The third kappa shape index (κ3) is 2.01. The lowest BCUT2D eigenvalue weighted by Gasteiger charge is -2.28. The number of carbonyl (C=O) groups excluding carboxylic acids is 1. The summed E-state index contributed by atoms with van der Waals surface area (Å²) in [5.41, 5.74) is 0.289. The summed E-state index contributed by atoms with van der Waals surface area (Å²) in [6, 6.07) is 0. The zero-order chi connectivity index (χ0) is 9.15. The van der Waals surface area contributed by atoms with Crippen molar-refractivity contribution in [2.75, 3.05) is 0 Å². The van der Waals surface area contributed by atoms with Gasteiger partial charge in [0, 0.05) is 6.42 Å². The van der Waals surface area contributed by atoms with Crippen LogP contribution in [-0.4, -0.2) is 5.78 Å². The molecular weight excluding hydrogens is 160 g/mol. The molecule has 13 heavy (non-hydrogen) atoms. The quantitative estimate of drug-likeness (QED) is 0.556. The lowest BCUT2D eigenvalue weighted by Crippen LogP contribution is -2.18. The van der Waals surface area contributed by atoms with Gasteiger partial charge >= 0.3 is 0 Å². The van der Waals surface area contributed by atoms with Gasteiger partial charge in [-0.3, -0.25) is 4.79 Å². The van der Waals surface area contributed by atoms with Gasteiger partial charge in [-0.15, -0.1) is 0 Å². The Balaban J connectivity index is 2.02. The van der Waals surface area contributed by atoms with Gasteiger partial charge in [-0.2, -0.15) is 0 Å². The second-order valence-corrected chi connectivity index (χ2v) is 4.61. The summed E-state index contributed by atoms with van der Waals surface area (Å²) in [6.45, 7) is 0. The average molecular weight is 178 g/mol. The monoisotopic (exact) mass is 178 g/mol. The normalized spacial score (nSPS) is 27.5. The Labute approximate surface area is 80.2 Å². The fourth-order valence-electron chi connectivity index (χ4n) is 2.69. The van der Waals surface area contributed by atoms with E-state index in [1.807, 2.05) is 6.08 Å². The van der Waals surface area contributed by atoms with E-state index in [0.29, 0.717) is 5.78 Å². The zero-order valence-electron chi connectivity index (χ0n) is 8.22. The molecule has 0 aromatic heterocycles. The van der Waals surface area contributed by atoms with E-state index in [4.69, 9.17) is 0 Å². The molecule has 0 heterocycles. The van der Waals surface area contributed by atoms with Crippen LogP contribution in [0.15, 0.2) is 12.2 Å². The van der Waals surface area contributed by atoms with Crippen molar-refractivity contribution in [1.82, 2.24) is 0 Å². The number of carbonyl (C=O) groups is 1. The van der Waals surface area contributed by atoms with Crippen LogP contribution in [0.5, 0.6) is 0 Å². The first kappa shape index (κ1) is 8.98. The van der Waals surface area contributed by atoms with E-state index in [9.17, 15) is 4.79 Å². The maximum absolute atomic E-state index is 11.2. The molecule has 0 aromatic carbocycles. The fourth-order valence-corrected chi connectivity index (χ4v) is 2.69. The highest BCUT2D eigenvalue weighted by Crippen LogP contribution is 2.41. The largest absolute Gasteiger partial charge is 0.295 e. The highest BCUT2D eigenvalue weighted by atomic mass is 16.1. The molecule has 0 radical (unpaired) electrons. The maximum atomic E-state index is 11.2. The average Bonchev–Trinajstić information content (AvgIpc) is 2.42. The second kappa shape index (κ2) is 3.65. The minimum Gasteiger partial charge on any atom is -0.295 e. The van der Waals surface area contributed by atoms with Crippen LogP contribution in [-0.2, 0) is 4.79 Å². The van der Waals surface area contributed by atoms with E-state index >= 15 is 0 Å². The highest BCUT2D eigenvalue weighted by Gasteiger charge is 2.33. The van der Waals surface area contributed by atoms with Gasteiger partial charge in [0.05, 0.1) is 0 Å². The van der Waals surface area contributed by atoms with Crippen molar-refractivity contribution in [3.63, 3.8) is 0 Å². The van der Waals surface area contributed by atoms with Crippen molar-refractivity contribution in [3.05, 3.63) is 12.2 Å². The molecule has 1 heteroatoms. The third-order valence-electron chi connectivity index (χ3n) is 3.50. The van der Waals surface area contributed by atoms with Crippen LogP contribution >= 0.6 is 0 Å². The first-order valence-electron chi connectivity index (χ1n) is 5.53. The van der Waals surface area contributed by atoms with E-state index in [-0.39, 0.29) is 5.41 Å². The molecular formula is C12H18O. The molecule has 0 bridgehead atoms. The Morgan fingerprint density at radius 1 is 1.00 bits per heavy atom. The minimum absolute atomic E-state index is 0.289. The summed E-state index contributed by atoms with van der Waals surface area (Å²) >= 11 is 0. The molecule has 0 aromatic rings. The summed E-state index contributed by atoms with van der Waals surface area (Å²) in [5.74, 6) is 0.348. The second-order valence-electron chi connectivity index (χ2n) is 4.61. The Bertz CT molecular complexity index is 219. The van der Waals surface area contributed by atoms with Crippen molar-refractivity contribution in [2.24, 2.45) is 5.41 Å². The molecule has 0 N–H and O–H groups in total. The first-order valence-corrected chi connectivity index (χ1v) is 5.53. The molecule has 0 atom stereocenters. The van der Waals surface area contributed by atoms with Gasteiger partial charge in [0.2, 0.25) is 0 Å². The van der Waals surface area contributed by atoms with Crippen molar-refractivity contribution in [3.8, 4) is 0 Å². The molecule has 0 saturated heterocycles. The molecule has 1 nitrogen and oxygen atoms in total. The molecule has 1 spiro atoms. The van der Waals surface area contributed by atoms with E-state index < -0.39 is 0 Å². The lowest BCUT2D eigenvalue weighted by molar-refractivity contribution is -0.115. The predicted octanol–water partition coefficient (Wildman–Crippen LogP) is 3.25. The van der Waals surface area contributed by atoms with Crippen LogP contribution in [0.2, 0.25) is 0 Å². The van der Waals surface area contributed by atoms with Gasteiger partial charge in [0.1, 0.15) is 0 Å². The van der Waals surface area contributed by atoms with Crippen LogP contribution in [0.25, 0.3) is 0 Å². The number of ketones is 1. The van der Waals surface area contributed by atoms with Crippen LogP contribution in [0, 0.1) is 5.41 Å². The maximum Gasteiger partial charge on any atom is 0.156 e. The van der Waals surface area contributed by atoms with Crippen LogP contribution < -0.4 is 0 Å². The highest BCUT2D eigenvalue weighted by molar-refractivity contribution is 5.93. The molecule has 1 fully saturated rings. The van der Waals surface area contributed by atoms with E-state index in [2.05, 4.69) is 6.08 Å². The van der Waals surface area contributed by atoms with Gasteiger partial charge in [-0.1, -0.05) is 38.2 Å². The van der Waals surface area contributed by atoms with Gasteiger partial charge in [0.15, 0.2) is 5.78 Å². The summed E-state index contributed by atoms with van der Waals surface area (Å²) in [4.78, 5) is 11.2. The molecule has 1 saturated carbocycles. The van der Waals surface area contributed by atoms with Gasteiger partial charge in [0.25, 0.3) is 0 Å². The van der Waals surface area contributed by atoms with Gasteiger partial charge in [-0.25, -0.2) is 0 Å². The number of allylic oxidation sites excluding steroid dienone is 2. The summed E-state index contributed by atoms with van der Waals surface area (Å²) < 4.78 is 0. The number of hydrogen-bond acceptors (Lipinski definition) is 1. The summed E-state index contributed by atoms with van der Waals surface area (Å²) in [6.07, 6.45) is 14.1. The zero-order valence-corrected chi connectivity index (χ0v) is 8.22. The standard InChI is InChI=1S/C12H18O/c13-11-6-9-12(10-11)7-4-2-1-3-5-8-12/h6,9H,1-5,7-8,10H2. The molecule has 2 aliphatic carbocycles. The van der Waals surface area contributed by atoms with Gasteiger partial charge in [-0.05, 0) is 24.3 Å². The lowest BCUT2D eigenvalue weighted by atomic mass is 9.76. The topological polar surface area (TPSA) is 17.1 Å². The predicted molar refractivity (Wildman–Crippen MR) is 53.5 cm³/mol. The van der Waals surface area contributed by atoms with E-state index in [0.717, 1.165) is 6.42 Å². The summed E-state index contributed by atoms with van der Waals surface area (Å²) in [5, 5.41) is 0. The van der Waals surface area contributed by atoms with Gasteiger partial charge < -0.3 is 0 Å². The first-order chi connectivity index (χ1) is 6.31. The molecule has 0 unspecified atom stereocenters.